The molecule has 0 aliphatic rings. The van der Waals surface area contributed by atoms with Crippen LogP contribution in [0.2, 0.25) is 0 Å². The average molecular weight is 431 g/mol. The van der Waals surface area contributed by atoms with E-state index in [1.165, 1.54) is 0 Å². The minimum atomic E-state index is -0.247. The highest BCUT2D eigenvalue weighted by Crippen LogP contribution is 2.22. The summed E-state index contributed by atoms with van der Waals surface area (Å²) in [4.78, 5) is 25.2. The lowest BCUT2D eigenvalue weighted by molar-refractivity contribution is -0.116. The third-order valence-electron chi connectivity index (χ3n) is 5.02. The van der Waals surface area contributed by atoms with Crippen LogP contribution in [0.25, 0.3) is 0 Å². The summed E-state index contributed by atoms with van der Waals surface area (Å²) in [5.41, 5.74) is 2.86. The van der Waals surface area contributed by atoms with Gasteiger partial charge >= 0.3 is 0 Å². The van der Waals surface area contributed by atoms with Gasteiger partial charge < -0.3 is 15.4 Å². The van der Waals surface area contributed by atoms with Crippen LogP contribution in [0.5, 0.6) is 5.75 Å². The Kier molecular flexibility index (Phi) is 8.87. The van der Waals surface area contributed by atoms with Crippen molar-refractivity contribution in [3.63, 3.8) is 0 Å². The van der Waals surface area contributed by atoms with Crippen LogP contribution in [-0.4, -0.2) is 18.4 Å². The number of hydrogen-bond acceptors (Lipinski definition) is 3. The first-order valence-corrected chi connectivity index (χ1v) is 11.1. The zero-order valence-electron chi connectivity index (χ0n) is 18.5. The summed E-state index contributed by atoms with van der Waals surface area (Å²) in [6.07, 6.45) is 4.24. The highest BCUT2D eigenvalue weighted by molar-refractivity contribution is 6.06. The van der Waals surface area contributed by atoms with E-state index < -0.39 is 0 Å². The molecule has 0 aromatic heterocycles. The van der Waals surface area contributed by atoms with Crippen LogP contribution in [0.3, 0.4) is 0 Å². The molecule has 0 saturated heterocycles. The number of benzene rings is 3. The number of amides is 2. The fourth-order valence-electron chi connectivity index (χ4n) is 3.31. The summed E-state index contributed by atoms with van der Waals surface area (Å²) < 4.78 is 5.82. The van der Waals surface area contributed by atoms with Crippen LogP contribution in [0, 0.1) is 0 Å². The maximum atomic E-state index is 12.8. The predicted octanol–water partition coefficient (Wildman–Crippen LogP) is 6.08. The first-order valence-electron chi connectivity index (χ1n) is 11.1. The minimum absolute atomic E-state index is 0.0665. The van der Waals surface area contributed by atoms with Gasteiger partial charge in [0.25, 0.3) is 5.91 Å². The number of carbonyl (C=O) groups is 2. The number of rotatable bonds is 11. The number of unbranched alkanes of at least 4 members (excludes halogenated alkanes) is 2. The average Bonchev–Trinajstić information content (AvgIpc) is 2.82. The third kappa shape index (κ3) is 7.27. The molecule has 0 aliphatic carbocycles. The standard InChI is InChI=1S/C27H30N2O3/c1-2-3-9-19-32-25-16-8-7-15-24(25)27(31)29-23-14-10-13-22(20-23)28-26(30)18-17-21-11-5-4-6-12-21/h4-8,10-16,20H,2-3,9,17-19H2,1H3,(H,28,30)(H,29,31). The molecule has 3 aromatic rings. The molecule has 0 spiro atoms. The Morgan fingerprint density at radius 2 is 1.53 bits per heavy atom. The molecule has 3 rings (SSSR count). The molecule has 32 heavy (non-hydrogen) atoms. The molecule has 2 amide bonds. The smallest absolute Gasteiger partial charge is 0.259 e. The number of hydrogen-bond donors (Lipinski definition) is 2. The maximum absolute atomic E-state index is 12.8. The largest absolute Gasteiger partial charge is 0.493 e. The monoisotopic (exact) mass is 430 g/mol. The Balaban J connectivity index is 1.57. The molecular weight excluding hydrogens is 400 g/mol. The van der Waals surface area contributed by atoms with Crippen LogP contribution in [0.1, 0.15) is 48.5 Å². The number of aryl methyl sites for hydroxylation is 1. The number of nitrogens with one attached hydrogen (secondary N) is 2. The van der Waals surface area contributed by atoms with E-state index in [-0.39, 0.29) is 11.8 Å². The van der Waals surface area contributed by atoms with Gasteiger partial charge in [0.1, 0.15) is 5.75 Å². The molecule has 166 valence electrons. The molecule has 0 fully saturated rings. The quantitative estimate of drug-likeness (QED) is 0.362. The highest BCUT2D eigenvalue weighted by atomic mass is 16.5. The van der Waals surface area contributed by atoms with Crippen LogP contribution in [0.4, 0.5) is 11.4 Å². The molecule has 5 heteroatoms. The molecule has 0 atom stereocenters. The second-order valence-corrected chi connectivity index (χ2v) is 7.62. The molecule has 2 N–H and O–H groups in total. The topological polar surface area (TPSA) is 67.4 Å². The van der Waals surface area contributed by atoms with E-state index >= 15 is 0 Å². The van der Waals surface area contributed by atoms with Crippen molar-refractivity contribution in [2.45, 2.75) is 39.0 Å². The van der Waals surface area contributed by atoms with Crippen molar-refractivity contribution in [1.29, 1.82) is 0 Å². The van der Waals surface area contributed by atoms with Crippen molar-refractivity contribution < 1.29 is 14.3 Å². The first-order chi connectivity index (χ1) is 15.7. The van der Waals surface area contributed by atoms with Gasteiger partial charge in [0.2, 0.25) is 5.91 Å². The first kappa shape index (κ1) is 23.1. The van der Waals surface area contributed by atoms with E-state index in [2.05, 4.69) is 17.6 Å². The minimum Gasteiger partial charge on any atom is -0.493 e. The number of anilines is 2. The molecule has 0 unspecified atom stereocenters. The van der Waals surface area contributed by atoms with Crippen LogP contribution in [-0.2, 0) is 11.2 Å². The molecule has 0 aliphatic heterocycles. The van der Waals surface area contributed by atoms with Crippen molar-refractivity contribution in [1.82, 2.24) is 0 Å². The van der Waals surface area contributed by atoms with Crippen molar-refractivity contribution in [3.8, 4) is 5.75 Å². The number of ether oxygens (including phenoxy) is 1. The van der Waals surface area contributed by atoms with E-state index in [1.54, 1.807) is 30.3 Å². The summed E-state index contributed by atoms with van der Waals surface area (Å²) >= 11 is 0. The van der Waals surface area contributed by atoms with Gasteiger partial charge in [0, 0.05) is 17.8 Å². The highest BCUT2D eigenvalue weighted by Gasteiger charge is 2.13. The second-order valence-electron chi connectivity index (χ2n) is 7.62. The molecule has 0 saturated carbocycles. The van der Waals surface area contributed by atoms with Crippen molar-refractivity contribution in [3.05, 3.63) is 90.0 Å². The summed E-state index contributed by atoms with van der Waals surface area (Å²) in [5, 5.41) is 5.80. The molecule has 0 bridgehead atoms. The van der Waals surface area contributed by atoms with Gasteiger partial charge in [-0.15, -0.1) is 0 Å². The lowest BCUT2D eigenvalue weighted by Crippen LogP contribution is -2.15. The zero-order valence-corrected chi connectivity index (χ0v) is 18.5. The molecular formula is C27H30N2O3. The third-order valence-corrected chi connectivity index (χ3v) is 5.02. The molecule has 0 radical (unpaired) electrons. The van der Waals surface area contributed by atoms with Crippen LogP contribution >= 0.6 is 0 Å². The van der Waals surface area contributed by atoms with Gasteiger partial charge in [-0.2, -0.15) is 0 Å². The second kappa shape index (κ2) is 12.3. The normalized spacial score (nSPS) is 10.4. The Morgan fingerprint density at radius 1 is 0.812 bits per heavy atom. The van der Waals surface area contributed by atoms with E-state index in [4.69, 9.17) is 4.74 Å². The Morgan fingerprint density at radius 3 is 2.31 bits per heavy atom. The van der Waals surface area contributed by atoms with Gasteiger partial charge in [-0.1, -0.05) is 68.3 Å². The number of para-hydroxylation sites is 1. The fraction of sp³-hybridized carbons (Fsp3) is 0.259. The lowest BCUT2D eigenvalue weighted by Gasteiger charge is -2.12. The summed E-state index contributed by atoms with van der Waals surface area (Å²) in [7, 11) is 0. The van der Waals surface area contributed by atoms with Crippen LogP contribution < -0.4 is 15.4 Å². The number of carbonyl (C=O) groups excluding carboxylic acids is 2. The molecule has 3 aromatic carbocycles. The Labute approximate surface area is 189 Å². The maximum Gasteiger partial charge on any atom is 0.259 e. The van der Waals surface area contributed by atoms with Crippen LogP contribution in [0.15, 0.2) is 78.9 Å². The summed E-state index contributed by atoms with van der Waals surface area (Å²) in [6, 6.07) is 24.3. The molecule has 5 nitrogen and oxygen atoms in total. The molecule has 0 heterocycles. The van der Waals surface area contributed by atoms with Gasteiger partial charge in [0.15, 0.2) is 0 Å². The van der Waals surface area contributed by atoms with E-state index in [0.717, 1.165) is 24.8 Å². The van der Waals surface area contributed by atoms with Gasteiger partial charge in [-0.05, 0) is 48.7 Å². The van der Waals surface area contributed by atoms with Crippen molar-refractivity contribution in [2.75, 3.05) is 17.2 Å². The zero-order chi connectivity index (χ0) is 22.6. The SMILES string of the molecule is CCCCCOc1ccccc1C(=O)Nc1cccc(NC(=O)CCc2ccccc2)c1. The lowest BCUT2D eigenvalue weighted by atomic mass is 10.1. The van der Waals surface area contributed by atoms with E-state index in [0.29, 0.717) is 42.1 Å². The van der Waals surface area contributed by atoms with Gasteiger partial charge in [-0.25, -0.2) is 0 Å². The predicted molar refractivity (Wildman–Crippen MR) is 129 cm³/mol. The van der Waals surface area contributed by atoms with Gasteiger partial charge in [0.05, 0.1) is 12.2 Å². The van der Waals surface area contributed by atoms with Gasteiger partial charge in [-0.3, -0.25) is 9.59 Å². The Hall–Kier alpha value is -3.60. The fourth-order valence-corrected chi connectivity index (χ4v) is 3.31. The summed E-state index contributed by atoms with van der Waals surface area (Å²) in [5.74, 6) is 0.262. The van der Waals surface area contributed by atoms with E-state index in [1.807, 2.05) is 48.5 Å². The van der Waals surface area contributed by atoms with Crippen molar-refractivity contribution >= 4 is 23.2 Å². The van der Waals surface area contributed by atoms with Crippen molar-refractivity contribution in [2.24, 2.45) is 0 Å². The summed E-state index contributed by atoms with van der Waals surface area (Å²) in [6.45, 7) is 2.73. The van der Waals surface area contributed by atoms with E-state index in [9.17, 15) is 9.59 Å². The Bertz CT molecular complexity index is 1020.